The number of ether oxygens (including phenoxy) is 2. The van der Waals surface area contributed by atoms with Crippen LogP contribution in [0.25, 0.3) is 15.9 Å². The molecule has 1 aliphatic heterocycles. The fourth-order valence-corrected chi connectivity index (χ4v) is 5.63. The van der Waals surface area contributed by atoms with E-state index >= 15 is 0 Å². The van der Waals surface area contributed by atoms with Crippen LogP contribution in [0.2, 0.25) is 5.02 Å². The van der Waals surface area contributed by atoms with Crippen molar-refractivity contribution in [1.29, 1.82) is 0 Å². The van der Waals surface area contributed by atoms with Crippen LogP contribution >= 0.6 is 22.9 Å². The second kappa shape index (κ2) is 8.05. The quantitative estimate of drug-likeness (QED) is 0.594. The zero-order valence-corrected chi connectivity index (χ0v) is 19.2. The summed E-state index contributed by atoms with van der Waals surface area (Å²) >= 11 is 7.71. The summed E-state index contributed by atoms with van der Waals surface area (Å²) in [4.78, 5) is 42.2. The first kappa shape index (κ1) is 21.5. The largest absolute Gasteiger partial charge is 0.495 e. The molecule has 4 rings (SSSR count). The number of halogens is 1. The zero-order chi connectivity index (χ0) is 22.4. The maximum atomic E-state index is 13.6. The molecule has 0 unspecified atom stereocenters. The average molecular weight is 464 g/mol. The third kappa shape index (κ3) is 3.32. The van der Waals surface area contributed by atoms with Gasteiger partial charge in [-0.1, -0.05) is 11.6 Å². The Balaban J connectivity index is 2.06. The van der Waals surface area contributed by atoms with Crippen LogP contribution < -0.4 is 20.7 Å². The minimum atomic E-state index is -0.471. The molecular formula is C21H22ClN3O5S. The van der Waals surface area contributed by atoms with Gasteiger partial charge >= 0.3 is 5.69 Å². The van der Waals surface area contributed by atoms with Crippen molar-refractivity contribution in [3.05, 3.63) is 48.4 Å². The molecule has 0 saturated heterocycles. The second-order valence-electron chi connectivity index (χ2n) is 7.20. The Labute approximate surface area is 187 Å². The molecule has 0 aliphatic carbocycles. The number of thiophene rings is 1. The molecule has 0 radical (unpaired) electrons. The molecule has 31 heavy (non-hydrogen) atoms. The fraction of sp³-hybridized carbons (Fsp3) is 0.381. The molecule has 1 aliphatic rings. The molecule has 0 saturated carbocycles. The number of methoxy groups -OCH3 is 2. The highest BCUT2D eigenvalue weighted by atomic mass is 35.5. The maximum Gasteiger partial charge on any atom is 0.336 e. The van der Waals surface area contributed by atoms with Gasteiger partial charge in [0.2, 0.25) is 5.91 Å². The number of carbonyl (C=O) groups is 1. The van der Waals surface area contributed by atoms with Gasteiger partial charge < -0.3 is 14.4 Å². The van der Waals surface area contributed by atoms with E-state index in [4.69, 9.17) is 21.1 Å². The van der Waals surface area contributed by atoms with E-state index in [2.05, 4.69) is 0 Å². The van der Waals surface area contributed by atoms with Crippen molar-refractivity contribution in [3.8, 4) is 17.2 Å². The second-order valence-corrected chi connectivity index (χ2v) is 8.69. The minimum absolute atomic E-state index is 0.00832. The summed E-state index contributed by atoms with van der Waals surface area (Å²) in [6.45, 7) is 4.76. The van der Waals surface area contributed by atoms with Gasteiger partial charge in [0.15, 0.2) is 0 Å². The van der Waals surface area contributed by atoms with Crippen molar-refractivity contribution in [2.45, 2.75) is 33.4 Å². The lowest BCUT2D eigenvalue weighted by molar-refractivity contribution is -0.129. The third-order valence-electron chi connectivity index (χ3n) is 5.58. The van der Waals surface area contributed by atoms with Gasteiger partial charge in [0.25, 0.3) is 5.56 Å². The van der Waals surface area contributed by atoms with Gasteiger partial charge in [-0.05, 0) is 25.0 Å². The first-order chi connectivity index (χ1) is 14.8. The fourth-order valence-electron chi connectivity index (χ4n) is 3.98. The number of rotatable bonds is 4. The van der Waals surface area contributed by atoms with E-state index in [1.807, 2.05) is 6.92 Å². The van der Waals surface area contributed by atoms with Crippen LogP contribution in [-0.4, -0.2) is 40.7 Å². The summed E-state index contributed by atoms with van der Waals surface area (Å²) in [5.41, 5.74) is 0.269. The standard InChI is InChI=1S/C21H22ClN3O5S/c1-5-24-20-18(12-6-7-23(11(2)26)10-17(12)31-20)19(27)25(21(24)28)14-8-13(22)15(29-3)9-16(14)30-4/h8-9H,5-7,10H2,1-4H3. The molecule has 3 heterocycles. The van der Waals surface area contributed by atoms with Crippen LogP contribution in [0.1, 0.15) is 24.3 Å². The number of benzene rings is 1. The topological polar surface area (TPSA) is 82.8 Å². The van der Waals surface area contributed by atoms with Crippen molar-refractivity contribution in [2.75, 3.05) is 20.8 Å². The van der Waals surface area contributed by atoms with Crippen molar-refractivity contribution in [1.82, 2.24) is 14.0 Å². The van der Waals surface area contributed by atoms with E-state index in [0.29, 0.717) is 47.8 Å². The highest BCUT2D eigenvalue weighted by molar-refractivity contribution is 7.18. The smallest absolute Gasteiger partial charge is 0.336 e. The van der Waals surface area contributed by atoms with Crippen molar-refractivity contribution < 1.29 is 14.3 Å². The molecule has 0 N–H and O–H groups in total. The van der Waals surface area contributed by atoms with Crippen LogP contribution in [0.3, 0.4) is 0 Å². The lowest BCUT2D eigenvalue weighted by atomic mass is 10.1. The molecule has 0 spiro atoms. The lowest BCUT2D eigenvalue weighted by Crippen LogP contribution is -2.39. The molecule has 0 bridgehead atoms. The maximum absolute atomic E-state index is 13.6. The van der Waals surface area contributed by atoms with E-state index in [0.717, 1.165) is 15.0 Å². The molecule has 3 aromatic rings. The Morgan fingerprint density at radius 2 is 1.90 bits per heavy atom. The normalized spacial score (nSPS) is 13.4. The van der Waals surface area contributed by atoms with Crippen LogP contribution in [0.5, 0.6) is 11.5 Å². The summed E-state index contributed by atoms with van der Waals surface area (Å²) in [6.07, 6.45) is 0.562. The predicted molar refractivity (Wildman–Crippen MR) is 120 cm³/mol. The van der Waals surface area contributed by atoms with Gasteiger partial charge in [-0.25, -0.2) is 9.36 Å². The molecule has 10 heteroatoms. The number of aromatic nitrogens is 2. The number of nitrogens with zero attached hydrogens (tertiary/aromatic N) is 3. The summed E-state index contributed by atoms with van der Waals surface area (Å²) in [5.74, 6) is 0.671. The van der Waals surface area contributed by atoms with Gasteiger partial charge in [-0.15, -0.1) is 11.3 Å². The van der Waals surface area contributed by atoms with Crippen LogP contribution in [0.4, 0.5) is 0 Å². The monoisotopic (exact) mass is 463 g/mol. The highest BCUT2D eigenvalue weighted by Gasteiger charge is 2.28. The first-order valence-electron chi connectivity index (χ1n) is 9.79. The molecule has 1 amide bonds. The van der Waals surface area contributed by atoms with E-state index in [9.17, 15) is 14.4 Å². The SMILES string of the molecule is CCn1c(=O)n(-c2cc(Cl)c(OC)cc2OC)c(=O)c2c3c(sc21)CN(C(C)=O)CC3. The Morgan fingerprint density at radius 1 is 1.19 bits per heavy atom. The molecular weight excluding hydrogens is 442 g/mol. The molecule has 8 nitrogen and oxygen atoms in total. The predicted octanol–water partition coefficient (Wildman–Crippen LogP) is 2.81. The van der Waals surface area contributed by atoms with Crippen LogP contribution in [-0.2, 0) is 24.3 Å². The van der Waals surface area contributed by atoms with E-state index in [1.165, 1.54) is 38.5 Å². The highest BCUT2D eigenvalue weighted by Crippen LogP contribution is 2.36. The van der Waals surface area contributed by atoms with Crippen molar-refractivity contribution in [3.63, 3.8) is 0 Å². The van der Waals surface area contributed by atoms with Crippen molar-refractivity contribution in [2.24, 2.45) is 0 Å². The third-order valence-corrected chi connectivity index (χ3v) is 7.11. The van der Waals surface area contributed by atoms with Crippen LogP contribution in [0.15, 0.2) is 21.7 Å². The van der Waals surface area contributed by atoms with Crippen molar-refractivity contribution >= 4 is 39.1 Å². The summed E-state index contributed by atoms with van der Waals surface area (Å²) in [6, 6.07) is 3.06. The average Bonchev–Trinajstić information content (AvgIpc) is 3.12. The van der Waals surface area contributed by atoms with Gasteiger partial charge in [0.1, 0.15) is 16.3 Å². The van der Waals surface area contributed by atoms with Crippen LogP contribution in [0, 0.1) is 0 Å². The zero-order valence-electron chi connectivity index (χ0n) is 17.7. The molecule has 0 atom stereocenters. The molecule has 2 aromatic heterocycles. The first-order valence-corrected chi connectivity index (χ1v) is 11.0. The van der Waals surface area contributed by atoms with E-state index in [1.54, 1.807) is 15.5 Å². The number of carbonyl (C=O) groups excluding carboxylic acids is 1. The number of hydrogen-bond donors (Lipinski definition) is 0. The summed E-state index contributed by atoms with van der Waals surface area (Å²) in [5, 5.41) is 0.774. The Morgan fingerprint density at radius 3 is 2.52 bits per heavy atom. The minimum Gasteiger partial charge on any atom is -0.495 e. The molecule has 1 aromatic carbocycles. The molecule has 164 valence electrons. The number of hydrogen-bond acceptors (Lipinski definition) is 6. The van der Waals surface area contributed by atoms with E-state index < -0.39 is 11.2 Å². The Bertz CT molecular complexity index is 1320. The van der Waals surface area contributed by atoms with Gasteiger partial charge in [-0.3, -0.25) is 14.2 Å². The summed E-state index contributed by atoms with van der Waals surface area (Å²) < 4.78 is 13.4. The van der Waals surface area contributed by atoms with Gasteiger partial charge in [0.05, 0.1) is 36.9 Å². The van der Waals surface area contributed by atoms with Gasteiger partial charge in [-0.2, -0.15) is 0 Å². The number of aryl methyl sites for hydroxylation is 1. The molecule has 0 fully saturated rings. The summed E-state index contributed by atoms with van der Waals surface area (Å²) in [7, 11) is 2.93. The number of fused-ring (bicyclic) bond motifs is 3. The Kier molecular flexibility index (Phi) is 5.57. The Hall–Kier alpha value is -2.78. The lowest BCUT2D eigenvalue weighted by Gasteiger charge is -2.25. The van der Waals surface area contributed by atoms with E-state index in [-0.39, 0.29) is 16.6 Å². The number of amides is 1. The van der Waals surface area contributed by atoms with Gasteiger partial charge in [0, 0.05) is 31.0 Å².